The first kappa shape index (κ1) is 7.32. The molecular weight excluding hydrogens is 178 g/mol. The molecule has 0 aliphatic rings. The number of nitrogens with zero attached hydrogens (tertiary/aromatic N) is 2. The van der Waals surface area contributed by atoms with E-state index in [2.05, 4.69) is 9.97 Å². The Balaban J connectivity index is 2.74. The second-order valence-electron chi connectivity index (χ2n) is 3.12. The number of aromatic amines is 1. The molecule has 0 atom stereocenters. The summed E-state index contributed by atoms with van der Waals surface area (Å²) in [7, 11) is 0. The normalized spacial score (nSPS) is 11.1. The van der Waals surface area contributed by atoms with Gasteiger partial charge in [-0.25, -0.2) is 4.98 Å². The van der Waals surface area contributed by atoms with Gasteiger partial charge in [-0.1, -0.05) is 12.1 Å². The molecule has 0 aliphatic carbocycles. The molecule has 68 valence electrons. The predicted octanol–water partition coefficient (Wildman–Crippen LogP) is 1.18. The van der Waals surface area contributed by atoms with E-state index in [1.165, 1.54) is 0 Å². The van der Waals surface area contributed by atoms with Crippen LogP contribution in [0.25, 0.3) is 16.6 Å². The molecule has 0 saturated carbocycles. The molecule has 3 aromatic rings. The van der Waals surface area contributed by atoms with Crippen molar-refractivity contribution in [1.29, 1.82) is 0 Å². The van der Waals surface area contributed by atoms with Crippen LogP contribution in [0.2, 0.25) is 0 Å². The van der Waals surface area contributed by atoms with Gasteiger partial charge in [-0.3, -0.25) is 9.20 Å². The third kappa shape index (κ3) is 0.821. The van der Waals surface area contributed by atoms with Crippen molar-refractivity contribution in [1.82, 2.24) is 14.4 Å². The number of nitrogens with one attached hydrogen (secondary N) is 1. The lowest BCUT2D eigenvalue weighted by Crippen LogP contribution is -2.08. The Morgan fingerprint density at radius 3 is 3.07 bits per heavy atom. The fourth-order valence-corrected chi connectivity index (χ4v) is 1.64. The topological polar surface area (TPSA) is 50.2 Å². The van der Waals surface area contributed by atoms with Crippen LogP contribution in [-0.4, -0.2) is 14.4 Å². The maximum Gasteiger partial charge on any atom is 0.258 e. The minimum absolute atomic E-state index is 0.0754. The van der Waals surface area contributed by atoms with E-state index in [1.807, 2.05) is 22.6 Å². The molecule has 0 unspecified atom stereocenters. The van der Waals surface area contributed by atoms with Gasteiger partial charge in [-0.2, -0.15) is 0 Å². The summed E-state index contributed by atoms with van der Waals surface area (Å²) in [5.74, 6) is 0. The van der Waals surface area contributed by atoms with Gasteiger partial charge in [0, 0.05) is 0 Å². The predicted molar refractivity (Wildman–Crippen MR) is 53.3 cm³/mol. The summed E-state index contributed by atoms with van der Waals surface area (Å²) in [6, 6.07) is 7.45. The number of H-pyrrole nitrogens is 1. The van der Waals surface area contributed by atoms with E-state index in [4.69, 9.17) is 0 Å². The van der Waals surface area contributed by atoms with Crippen molar-refractivity contribution < 1.29 is 0 Å². The first-order valence-electron chi connectivity index (χ1n) is 4.29. The van der Waals surface area contributed by atoms with Crippen molar-refractivity contribution >= 4 is 16.6 Å². The zero-order valence-corrected chi connectivity index (χ0v) is 7.27. The van der Waals surface area contributed by atoms with Crippen LogP contribution in [0.5, 0.6) is 0 Å². The van der Waals surface area contributed by atoms with Crippen LogP contribution in [-0.2, 0) is 0 Å². The lowest BCUT2D eigenvalue weighted by atomic mass is 10.2. The molecule has 1 aromatic carbocycles. The van der Waals surface area contributed by atoms with Gasteiger partial charge in [0.25, 0.3) is 5.56 Å². The van der Waals surface area contributed by atoms with Crippen molar-refractivity contribution in [3.05, 3.63) is 47.1 Å². The van der Waals surface area contributed by atoms with Gasteiger partial charge in [0.1, 0.15) is 12.0 Å². The Morgan fingerprint density at radius 2 is 2.14 bits per heavy atom. The second-order valence-corrected chi connectivity index (χ2v) is 3.12. The van der Waals surface area contributed by atoms with Crippen LogP contribution in [0, 0.1) is 0 Å². The highest BCUT2D eigenvalue weighted by Gasteiger charge is 2.02. The molecule has 0 amide bonds. The molecule has 4 heteroatoms. The highest BCUT2D eigenvalue weighted by Crippen LogP contribution is 2.09. The number of hydrogen-bond donors (Lipinski definition) is 1. The molecule has 0 saturated heterocycles. The Hall–Kier alpha value is -2.10. The van der Waals surface area contributed by atoms with Crippen LogP contribution >= 0.6 is 0 Å². The first-order chi connectivity index (χ1) is 6.86. The van der Waals surface area contributed by atoms with Crippen LogP contribution < -0.4 is 5.56 Å². The summed E-state index contributed by atoms with van der Waals surface area (Å²) in [6.45, 7) is 0. The maximum atomic E-state index is 11.6. The maximum absolute atomic E-state index is 11.6. The van der Waals surface area contributed by atoms with Crippen LogP contribution in [0.3, 0.4) is 0 Å². The number of fused-ring (bicyclic) bond motifs is 3. The molecular formula is C10H7N3O. The molecule has 3 rings (SSSR count). The lowest BCUT2D eigenvalue weighted by Gasteiger charge is -1.99. The monoisotopic (exact) mass is 185 g/mol. The second kappa shape index (κ2) is 2.45. The SMILES string of the molecule is O=c1[nH]c2cncn2c2ccccc12. The summed E-state index contributed by atoms with van der Waals surface area (Å²) in [5, 5.41) is 0.679. The largest absolute Gasteiger partial charge is 0.306 e. The van der Waals surface area contributed by atoms with Gasteiger partial charge < -0.3 is 4.98 Å². The number of aromatic nitrogens is 3. The van der Waals surface area contributed by atoms with Crippen molar-refractivity contribution in [2.75, 3.05) is 0 Å². The quantitative estimate of drug-likeness (QED) is 0.571. The van der Waals surface area contributed by atoms with Crippen LogP contribution in [0.1, 0.15) is 0 Å². The van der Waals surface area contributed by atoms with Crippen LogP contribution in [0.15, 0.2) is 41.6 Å². The molecule has 0 bridgehead atoms. The Kier molecular flexibility index (Phi) is 1.28. The van der Waals surface area contributed by atoms with Crippen molar-refractivity contribution in [2.45, 2.75) is 0 Å². The number of para-hydroxylation sites is 1. The van der Waals surface area contributed by atoms with E-state index >= 15 is 0 Å². The molecule has 4 nitrogen and oxygen atoms in total. The molecule has 0 fully saturated rings. The van der Waals surface area contributed by atoms with Gasteiger partial charge >= 0.3 is 0 Å². The number of benzene rings is 1. The average molecular weight is 185 g/mol. The van der Waals surface area contributed by atoms with Gasteiger partial charge in [0.2, 0.25) is 0 Å². The van der Waals surface area contributed by atoms with E-state index in [0.717, 1.165) is 5.52 Å². The summed E-state index contributed by atoms with van der Waals surface area (Å²) < 4.78 is 1.86. The summed E-state index contributed by atoms with van der Waals surface area (Å²) in [6.07, 6.45) is 3.32. The minimum Gasteiger partial charge on any atom is -0.306 e. The zero-order valence-electron chi connectivity index (χ0n) is 7.27. The van der Waals surface area contributed by atoms with E-state index in [9.17, 15) is 4.79 Å². The number of hydrogen-bond acceptors (Lipinski definition) is 2. The van der Waals surface area contributed by atoms with Gasteiger partial charge in [0.15, 0.2) is 0 Å². The molecule has 1 N–H and O–H groups in total. The molecule has 0 radical (unpaired) electrons. The van der Waals surface area contributed by atoms with Crippen LogP contribution in [0.4, 0.5) is 0 Å². The summed E-state index contributed by atoms with van der Waals surface area (Å²) >= 11 is 0. The van der Waals surface area contributed by atoms with Gasteiger partial charge in [-0.05, 0) is 12.1 Å². The zero-order chi connectivity index (χ0) is 9.54. The summed E-state index contributed by atoms with van der Waals surface area (Å²) in [4.78, 5) is 18.3. The number of imidazole rings is 1. The Morgan fingerprint density at radius 1 is 1.29 bits per heavy atom. The molecule has 0 spiro atoms. The minimum atomic E-state index is -0.0754. The summed E-state index contributed by atoms with van der Waals surface area (Å²) in [5.41, 5.74) is 1.52. The molecule has 2 aromatic heterocycles. The van der Waals surface area contributed by atoms with Crippen molar-refractivity contribution in [3.63, 3.8) is 0 Å². The van der Waals surface area contributed by atoms with E-state index in [0.29, 0.717) is 11.0 Å². The van der Waals surface area contributed by atoms with Crippen molar-refractivity contribution in [2.24, 2.45) is 0 Å². The van der Waals surface area contributed by atoms with E-state index < -0.39 is 0 Å². The highest BCUT2D eigenvalue weighted by atomic mass is 16.1. The van der Waals surface area contributed by atoms with E-state index in [1.54, 1.807) is 18.6 Å². The third-order valence-corrected chi connectivity index (χ3v) is 2.29. The van der Waals surface area contributed by atoms with Gasteiger partial charge in [0.05, 0.1) is 17.1 Å². The smallest absolute Gasteiger partial charge is 0.258 e. The number of rotatable bonds is 0. The van der Waals surface area contributed by atoms with E-state index in [-0.39, 0.29) is 5.56 Å². The third-order valence-electron chi connectivity index (χ3n) is 2.29. The molecule has 2 heterocycles. The Bertz CT molecular complexity index is 665. The Labute approximate surface area is 78.8 Å². The van der Waals surface area contributed by atoms with Gasteiger partial charge in [-0.15, -0.1) is 0 Å². The standard InChI is InChI=1S/C10H7N3O/c14-10-7-3-1-2-4-8(7)13-6-11-5-9(13)12-10/h1-6H,(H,12,14). The fourth-order valence-electron chi connectivity index (χ4n) is 1.64. The van der Waals surface area contributed by atoms with Crippen molar-refractivity contribution in [3.8, 4) is 0 Å². The molecule has 14 heavy (non-hydrogen) atoms. The fraction of sp³-hybridized carbons (Fsp3) is 0. The average Bonchev–Trinajstić information content (AvgIpc) is 2.66. The first-order valence-corrected chi connectivity index (χ1v) is 4.29. The molecule has 0 aliphatic heterocycles. The lowest BCUT2D eigenvalue weighted by molar-refractivity contribution is 1.15. The highest BCUT2D eigenvalue weighted by molar-refractivity contribution is 5.80.